The average Bonchev–Trinajstić information content (AvgIpc) is 0. The SMILES string of the molecule is [Ag].[Ag].[Ce+3].[Ce+3].[Co].[Co].[Mn].[Mn].[O-2].[O-2].[O-2]. The molecule has 80 valence electrons. The summed E-state index contributed by atoms with van der Waals surface area (Å²) in [5.74, 6) is 0. The van der Waals surface area contributed by atoms with Crippen LogP contribution in [-0.4, -0.2) is 0 Å². The average molecular weight is 772 g/mol. The van der Waals surface area contributed by atoms with E-state index in [0.717, 1.165) is 0 Å². The molecule has 0 unspecified atom stereocenters. The van der Waals surface area contributed by atoms with Crippen LogP contribution in [0.3, 0.4) is 0 Å². The summed E-state index contributed by atoms with van der Waals surface area (Å²) in [5, 5.41) is 0. The predicted octanol–water partition coefficient (Wildman–Crippen LogP) is -0.371. The van der Waals surface area contributed by atoms with Crippen LogP contribution in [-0.2, 0) is 129 Å². The molecule has 0 aromatic carbocycles. The zero-order valence-corrected chi connectivity index (χ0v) is 17.9. The Bertz CT molecular complexity index is 25.3. The maximum atomic E-state index is 0. The smallest absolute Gasteiger partial charge is 2.00 e. The fourth-order valence-electron chi connectivity index (χ4n) is 0. The molecule has 0 saturated carbocycles. The molecule has 0 atom stereocenters. The summed E-state index contributed by atoms with van der Waals surface area (Å²) >= 11 is 0. The molecule has 0 aliphatic carbocycles. The Labute approximate surface area is 207 Å². The van der Waals surface area contributed by atoms with Crippen LogP contribution in [0.15, 0.2) is 0 Å². The topological polar surface area (TPSA) is 85.5 Å². The molecule has 0 bridgehead atoms. The van der Waals surface area contributed by atoms with Gasteiger partial charge >= 0.3 is 83.5 Å². The molecule has 0 saturated heterocycles. The van der Waals surface area contributed by atoms with Crippen molar-refractivity contribution in [2.45, 2.75) is 0 Å². The minimum atomic E-state index is 0. The third kappa shape index (κ3) is 85.3. The summed E-state index contributed by atoms with van der Waals surface area (Å²) in [7, 11) is 0. The Hall–Kier alpha value is 6.17. The minimum Gasteiger partial charge on any atom is -2.00 e. The van der Waals surface area contributed by atoms with Crippen molar-refractivity contribution in [1.29, 1.82) is 0 Å². The summed E-state index contributed by atoms with van der Waals surface area (Å²) < 4.78 is 0. The summed E-state index contributed by atoms with van der Waals surface area (Å²) in [6.07, 6.45) is 0. The zero-order valence-electron chi connectivity index (χ0n) is 4.25. The fraction of sp³-hybridized carbons (Fsp3) is 0. The first kappa shape index (κ1) is 118. The minimum absolute atomic E-state index is 0. The van der Waals surface area contributed by atoms with Crippen LogP contribution in [0.5, 0.6) is 0 Å². The van der Waals surface area contributed by atoms with E-state index in [2.05, 4.69) is 0 Å². The van der Waals surface area contributed by atoms with Gasteiger partial charge in [0.25, 0.3) is 0 Å². The maximum absolute atomic E-state index is 0. The number of rotatable bonds is 0. The molecule has 11 heavy (non-hydrogen) atoms. The molecule has 0 rings (SSSR count). The molecule has 0 aromatic rings. The van der Waals surface area contributed by atoms with Crippen molar-refractivity contribution in [2.75, 3.05) is 0 Å². The molecular formula is Ag2Ce2Co2Mn2O3. The van der Waals surface area contributed by atoms with Crippen molar-refractivity contribution in [1.82, 2.24) is 0 Å². The van der Waals surface area contributed by atoms with E-state index in [1.54, 1.807) is 0 Å². The molecule has 8 radical (unpaired) electrons. The van der Waals surface area contributed by atoms with E-state index in [1.165, 1.54) is 0 Å². The number of hydrogen-bond acceptors (Lipinski definition) is 0. The van der Waals surface area contributed by atoms with Crippen molar-refractivity contribution < 1.29 is 212 Å². The quantitative estimate of drug-likeness (QED) is 0.302. The van der Waals surface area contributed by atoms with Gasteiger partial charge in [-0.25, -0.2) is 0 Å². The molecule has 0 fully saturated rings. The first-order valence-electron chi connectivity index (χ1n) is 0. The van der Waals surface area contributed by atoms with Crippen LogP contribution in [0.1, 0.15) is 0 Å². The molecule has 0 N–H and O–H groups in total. The third-order valence-corrected chi connectivity index (χ3v) is 0. The molecule has 0 amide bonds. The van der Waals surface area contributed by atoms with Gasteiger partial charge in [0.1, 0.15) is 0 Å². The van der Waals surface area contributed by atoms with Gasteiger partial charge in [-0.2, -0.15) is 0 Å². The van der Waals surface area contributed by atoms with Gasteiger partial charge in [-0.15, -0.1) is 0 Å². The maximum Gasteiger partial charge on any atom is 3.00 e. The first-order valence-corrected chi connectivity index (χ1v) is 0. The van der Waals surface area contributed by atoms with E-state index in [-0.39, 0.29) is 212 Å². The second-order valence-electron chi connectivity index (χ2n) is 0. The van der Waals surface area contributed by atoms with Crippen LogP contribution < -0.4 is 0 Å². The van der Waals surface area contributed by atoms with Crippen molar-refractivity contribution in [3.05, 3.63) is 0 Å². The second kappa shape index (κ2) is 97.8. The third-order valence-electron chi connectivity index (χ3n) is 0. The van der Waals surface area contributed by atoms with Crippen LogP contribution in [0, 0.1) is 83.5 Å². The van der Waals surface area contributed by atoms with Crippen molar-refractivity contribution in [3.63, 3.8) is 0 Å². The Morgan fingerprint density at radius 3 is 0.455 bits per heavy atom. The van der Waals surface area contributed by atoms with Crippen molar-refractivity contribution in [3.8, 4) is 0 Å². The van der Waals surface area contributed by atoms with Crippen LogP contribution in [0.4, 0.5) is 0 Å². The first-order chi connectivity index (χ1) is 0. The van der Waals surface area contributed by atoms with Gasteiger partial charge < -0.3 is 16.4 Å². The van der Waals surface area contributed by atoms with Crippen molar-refractivity contribution >= 4 is 0 Å². The molecule has 0 spiro atoms. The van der Waals surface area contributed by atoms with Gasteiger partial charge in [-0.05, 0) is 0 Å². The largest absolute Gasteiger partial charge is 3.00 e. The van der Waals surface area contributed by atoms with E-state index >= 15 is 0 Å². The van der Waals surface area contributed by atoms with Crippen LogP contribution >= 0.6 is 0 Å². The molecule has 0 aliphatic rings. The van der Waals surface area contributed by atoms with Gasteiger partial charge in [0, 0.05) is 112 Å². The molecule has 0 aromatic heterocycles. The van der Waals surface area contributed by atoms with Crippen LogP contribution in [0.25, 0.3) is 0 Å². The van der Waals surface area contributed by atoms with E-state index < -0.39 is 0 Å². The Balaban J connectivity index is 0. The van der Waals surface area contributed by atoms with Gasteiger partial charge in [0.2, 0.25) is 0 Å². The molecule has 11 heteroatoms. The van der Waals surface area contributed by atoms with E-state index in [9.17, 15) is 0 Å². The fourth-order valence-corrected chi connectivity index (χ4v) is 0. The standard InChI is InChI=1S/2Ag.2Ce.2Co.2Mn.3O/q;;2*+3;;;;;3*-2. The Morgan fingerprint density at radius 2 is 0.455 bits per heavy atom. The summed E-state index contributed by atoms with van der Waals surface area (Å²) in [5.41, 5.74) is 0. The summed E-state index contributed by atoms with van der Waals surface area (Å²) in [6, 6.07) is 0. The van der Waals surface area contributed by atoms with Gasteiger partial charge in [0.05, 0.1) is 0 Å². The molecule has 3 nitrogen and oxygen atoms in total. The van der Waals surface area contributed by atoms with E-state index in [1.807, 2.05) is 0 Å². The summed E-state index contributed by atoms with van der Waals surface area (Å²) in [6.45, 7) is 0. The van der Waals surface area contributed by atoms with Gasteiger partial charge in [-0.3, -0.25) is 0 Å². The van der Waals surface area contributed by atoms with Crippen molar-refractivity contribution in [2.24, 2.45) is 0 Å². The van der Waals surface area contributed by atoms with Crippen LogP contribution in [0.2, 0.25) is 0 Å². The summed E-state index contributed by atoms with van der Waals surface area (Å²) in [4.78, 5) is 0. The normalized spacial score (nSPS) is 0. The van der Waals surface area contributed by atoms with E-state index in [4.69, 9.17) is 0 Å². The second-order valence-corrected chi connectivity index (χ2v) is 0. The number of hydrogen-bond donors (Lipinski definition) is 0. The molecule has 0 heterocycles. The predicted molar refractivity (Wildman–Crippen MR) is 2.06 cm³/mol. The van der Waals surface area contributed by atoms with Gasteiger partial charge in [-0.1, -0.05) is 0 Å². The van der Waals surface area contributed by atoms with Gasteiger partial charge in [0.15, 0.2) is 0 Å². The Morgan fingerprint density at radius 1 is 0.455 bits per heavy atom. The molecular weight excluding hydrogens is 772 g/mol. The zero-order chi connectivity index (χ0) is 0. The Kier molecular flexibility index (Phi) is 1050. The molecule has 0 aliphatic heterocycles. The van der Waals surface area contributed by atoms with E-state index in [0.29, 0.717) is 0 Å². The monoisotopic (exact) mass is 769 g/mol.